The lowest BCUT2D eigenvalue weighted by molar-refractivity contribution is -0.134. The number of hydrogen-bond donors (Lipinski definition) is 3. The van der Waals surface area contributed by atoms with Crippen LogP contribution in [0.5, 0.6) is 0 Å². The Morgan fingerprint density at radius 3 is 2.54 bits per heavy atom. The number of nitrogens with zero attached hydrogens (tertiary/aromatic N) is 2. The standard InChI is InChI=1S/C18H25N5O2.ClH/c1-2-20-18(25)23-9-7-22(8-10-23)17(24)15(19)11-13-12-21-16-6-4-3-5-14(13)16;/h3-6,12,15,21H,2,7-11,19H2,1H3,(H,20,25);1H/t15-;/m0./s1. The predicted molar refractivity (Wildman–Crippen MR) is 104 cm³/mol. The SMILES string of the molecule is CCNC(=O)N1CCN(C(=O)[C@@H](N)Cc2c[nH]c3ccccc23)CC1.Cl. The molecule has 0 bridgehead atoms. The Labute approximate surface area is 159 Å². The minimum absolute atomic E-state index is 0. The van der Waals surface area contributed by atoms with Crippen LogP contribution in [0.2, 0.25) is 0 Å². The molecule has 1 aromatic heterocycles. The second-order valence-corrected chi connectivity index (χ2v) is 6.32. The van der Waals surface area contributed by atoms with Gasteiger partial charge in [-0.15, -0.1) is 12.4 Å². The van der Waals surface area contributed by atoms with Crippen LogP contribution in [0, 0.1) is 0 Å². The molecule has 0 unspecified atom stereocenters. The van der Waals surface area contributed by atoms with Crippen molar-refractivity contribution in [3.8, 4) is 0 Å². The summed E-state index contributed by atoms with van der Waals surface area (Å²) >= 11 is 0. The van der Waals surface area contributed by atoms with Crippen LogP contribution in [0.1, 0.15) is 12.5 Å². The summed E-state index contributed by atoms with van der Waals surface area (Å²) in [5.74, 6) is -0.0548. The maximum atomic E-state index is 12.6. The first-order valence-corrected chi connectivity index (χ1v) is 8.72. The second-order valence-electron chi connectivity index (χ2n) is 6.32. The van der Waals surface area contributed by atoms with Gasteiger partial charge in [0.25, 0.3) is 0 Å². The third kappa shape index (κ3) is 4.28. The van der Waals surface area contributed by atoms with E-state index in [0.29, 0.717) is 39.1 Å². The summed E-state index contributed by atoms with van der Waals surface area (Å²) in [7, 11) is 0. The number of piperazine rings is 1. The smallest absolute Gasteiger partial charge is 0.317 e. The fraction of sp³-hybridized carbons (Fsp3) is 0.444. The van der Waals surface area contributed by atoms with E-state index in [1.807, 2.05) is 37.4 Å². The predicted octanol–water partition coefficient (Wildman–Crippen LogP) is 1.33. The van der Waals surface area contributed by atoms with Gasteiger partial charge in [0, 0.05) is 49.8 Å². The fourth-order valence-corrected chi connectivity index (χ4v) is 3.25. The molecular formula is C18H26ClN5O2. The molecule has 1 aliphatic heterocycles. The number of aromatic amines is 1. The molecule has 0 aliphatic carbocycles. The van der Waals surface area contributed by atoms with Gasteiger partial charge in [-0.1, -0.05) is 18.2 Å². The number of benzene rings is 1. The minimum Gasteiger partial charge on any atom is -0.361 e. The van der Waals surface area contributed by atoms with Crippen molar-refractivity contribution in [2.75, 3.05) is 32.7 Å². The molecule has 1 aliphatic rings. The number of fused-ring (bicyclic) bond motifs is 1. The number of carbonyl (C=O) groups excluding carboxylic acids is 2. The van der Waals surface area contributed by atoms with E-state index in [2.05, 4.69) is 10.3 Å². The van der Waals surface area contributed by atoms with Crippen molar-refractivity contribution in [2.45, 2.75) is 19.4 Å². The van der Waals surface area contributed by atoms with Crippen molar-refractivity contribution >= 4 is 35.2 Å². The first-order chi connectivity index (χ1) is 12.1. The van der Waals surface area contributed by atoms with Crippen molar-refractivity contribution < 1.29 is 9.59 Å². The fourth-order valence-electron chi connectivity index (χ4n) is 3.25. The Hall–Kier alpha value is -2.25. The van der Waals surface area contributed by atoms with E-state index in [9.17, 15) is 9.59 Å². The average Bonchev–Trinajstić information content (AvgIpc) is 3.04. The van der Waals surface area contributed by atoms with E-state index in [0.717, 1.165) is 16.5 Å². The number of rotatable bonds is 4. The van der Waals surface area contributed by atoms with E-state index in [4.69, 9.17) is 5.73 Å². The number of amides is 3. The van der Waals surface area contributed by atoms with Crippen LogP contribution in [-0.2, 0) is 11.2 Å². The van der Waals surface area contributed by atoms with Gasteiger partial charge in [0.1, 0.15) is 0 Å². The molecule has 1 saturated heterocycles. The Morgan fingerprint density at radius 2 is 1.85 bits per heavy atom. The average molecular weight is 380 g/mol. The van der Waals surface area contributed by atoms with Crippen molar-refractivity contribution in [3.63, 3.8) is 0 Å². The Bertz CT molecular complexity index is 755. The van der Waals surface area contributed by atoms with Gasteiger partial charge >= 0.3 is 6.03 Å². The molecule has 2 aromatic rings. The third-order valence-electron chi connectivity index (χ3n) is 4.64. The van der Waals surface area contributed by atoms with Crippen molar-refractivity contribution in [1.29, 1.82) is 0 Å². The van der Waals surface area contributed by atoms with Crippen molar-refractivity contribution in [3.05, 3.63) is 36.0 Å². The van der Waals surface area contributed by atoms with Gasteiger partial charge in [0.15, 0.2) is 0 Å². The number of nitrogens with one attached hydrogen (secondary N) is 2. The Morgan fingerprint density at radius 1 is 1.19 bits per heavy atom. The van der Waals surface area contributed by atoms with Gasteiger partial charge in [-0.2, -0.15) is 0 Å². The Balaban J connectivity index is 0.00000243. The van der Waals surface area contributed by atoms with Crippen LogP contribution in [0.4, 0.5) is 4.79 Å². The van der Waals surface area contributed by atoms with Crippen LogP contribution in [0.3, 0.4) is 0 Å². The maximum absolute atomic E-state index is 12.6. The van der Waals surface area contributed by atoms with Gasteiger partial charge in [-0.05, 0) is 25.0 Å². The third-order valence-corrected chi connectivity index (χ3v) is 4.64. The van der Waals surface area contributed by atoms with Gasteiger partial charge in [0.2, 0.25) is 5.91 Å². The van der Waals surface area contributed by atoms with E-state index in [1.54, 1.807) is 9.80 Å². The van der Waals surface area contributed by atoms with Gasteiger partial charge in [-0.25, -0.2) is 4.79 Å². The van der Waals surface area contributed by atoms with Gasteiger partial charge in [0.05, 0.1) is 6.04 Å². The molecule has 0 radical (unpaired) electrons. The molecule has 1 fully saturated rings. The number of H-pyrrole nitrogens is 1. The molecule has 142 valence electrons. The second kappa shape index (κ2) is 8.91. The summed E-state index contributed by atoms with van der Waals surface area (Å²) in [6.07, 6.45) is 2.42. The molecule has 4 N–H and O–H groups in total. The van der Waals surface area contributed by atoms with Crippen LogP contribution in [-0.4, -0.2) is 65.5 Å². The van der Waals surface area contributed by atoms with Crippen LogP contribution >= 0.6 is 12.4 Å². The summed E-state index contributed by atoms with van der Waals surface area (Å²) in [5.41, 5.74) is 8.28. The highest BCUT2D eigenvalue weighted by Crippen LogP contribution is 2.19. The summed E-state index contributed by atoms with van der Waals surface area (Å²) in [5, 5.41) is 3.89. The molecule has 2 heterocycles. The first-order valence-electron chi connectivity index (χ1n) is 8.72. The molecular weight excluding hydrogens is 354 g/mol. The van der Waals surface area contributed by atoms with Gasteiger partial charge < -0.3 is 25.8 Å². The number of hydrogen-bond acceptors (Lipinski definition) is 3. The zero-order valence-corrected chi connectivity index (χ0v) is 15.7. The normalized spacial score (nSPS) is 15.5. The molecule has 1 atom stereocenters. The molecule has 8 heteroatoms. The minimum atomic E-state index is -0.574. The monoisotopic (exact) mass is 379 g/mol. The summed E-state index contributed by atoms with van der Waals surface area (Å²) in [4.78, 5) is 31.2. The van der Waals surface area contributed by atoms with Gasteiger partial charge in [-0.3, -0.25) is 4.79 Å². The number of halogens is 1. The lowest BCUT2D eigenvalue weighted by Crippen LogP contribution is -2.56. The van der Waals surface area contributed by atoms with E-state index in [-0.39, 0.29) is 24.3 Å². The topological polar surface area (TPSA) is 94.5 Å². The molecule has 3 amide bonds. The van der Waals surface area contributed by atoms with Crippen LogP contribution < -0.4 is 11.1 Å². The Kier molecular flexibility index (Phi) is 6.88. The van der Waals surface area contributed by atoms with Crippen molar-refractivity contribution in [2.24, 2.45) is 5.73 Å². The number of aromatic nitrogens is 1. The lowest BCUT2D eigenvalue weighted by Gasteiger charge is -2.35. The quantitative estimate of drug-likeness (QED) is 0.748. The van der Waals surface area contributed by atoms with Crippen LogP contribution in [0.15, 0.2) is 30.5 Å². The molecule has 0 spiro atoms. The highest BCUT2D eigenvalue weighted by molar-refractivity contribution is 5.86. The molecule has 7 nitrogen and oxygen atoms in total. The highest BCUT2D eigenvalue weighted by Gasteiger charge is 2.27. The van der Waals surface area contributed by atoms with Crippen molar-refractivity contribution in [1.82, 2.24) is 20.1 Å². The molecule has 3 rings (SSSR count). The van der Waals surface area contributed by atoms with E-state index >= 15 is 0 Å². The zero-order chi connectivity index (χ0) is 17.8. The molecule has 26 heavy (non-hydrogen) atoms. The number of para-hydroxylation sites is 1. The summed E-state index contributed by atoms with van der Waals surface area (Å²) in [6, 6.07) is 7.35. The van der Waals surface area contributed by atoms with E-state index < -0.39 is 6.04 Å². The largest absolute Gasteiger partial charge is 0.361 e. The number of urea groups is 1. The molecule has 1 aromatic carbocycles. The number of carbonyl (C=O) groups is 2. The highest BCUT2D eigenvalue weighted by atomic mass is 35.5. The molecule has 0 saturated carbocycles. The summed E-state index contributed by atoms with van der Waals surface area (Å²) in [6.45, 7) is 4.62. The zero-order valence-electron chi connectivity index (χ0n) is 14.9. The van der Waals surface area contributed by atoms with E-state index in [1.165, 1.54) is 0 Å². The maximum Gasteiger partial charge on any atom is 0.317 e. The first kappa shape index (κ1) is 20.1. The lowest BCUT2D eigenvalue weighted by atomic mass is 10.0. The number of nitrogens with two attached hydrogens (primary N) is 1. The summed E-state index contributed by atoms with van der Waals surface area (Å²) < 4.78 is 0. The van der Waals surface area contributed by atoms with Crippen LogP contribution in [0.25, 0.3) is 10.9 Å².